The average Bonchev–Trinajstić information content (AvgIpc) is 2.81. The molecule has 0 fully saturated rings. The van der Waals surface area contributed by atoms with Gasteiger partial charge in [0.05, 0.1) is 0 Å². The Hall–Kier alpha value is -2.02. The van der Waals surface area contributed by atoms with Gasteiger partial charge in [0.15, 0.2) is 0 Å². The maximum Gasteiger partial charge on any atom is 0.137 e. The van der Waals surface area contributed by atoms with E-state index in [4.69, 9.17) is 4.42 Å². The summed E-state index contributed by atoms with van der Waals surface area (Å²) < 4.78 is 6.06. The molecule has 1 heterocycles. The predicted octanol–water partition coefficient (Wildman–Crippen LogP) is 5.15. The van der Waals surface area contributed by atoms with E-state index in [-0.39, 0.29) is 0 Å². The summed E-state index contributed by atoms with van der Waals surface area (Å²) in [6.07, 6.45) is 0.854. The molecule has 0 saturated carbocycles. The summed E-state index contributed by atoms with van der Waals surface area (Å²) in [5.74, 6) is 1.52. The van der Waals surface area contributed by atoms with Crippen molar-refractivity contribution in [1.82, 2.24) is 0 Å². The highest BCUT2D eigenvalue weighted by atomic mass is 16.3. The second-order valence-electron chi connectivity index (χ2n) is 5.30. The molecule has 19 heavy (non-hydrogen) atoms. The number of fused-ring (bicyclic) bond motifs is 1. The predicted molar refractivity (Wildman–Crippen MR) is 79.6 cm³/mol. The van der Waals surface area contributed by atoms with Crippen molar-refractivity contribution in [2.45, 2.75) is 26.2 Å². The summed E-state index contributed by atoms with van der Waals surface area (Å²) in [7, 11) is 0. The van der Waals surface area contributed by atoms with Gasteiger partial charge in [0.2, 0.25) is 0 Å². The molecule has 0 spiro atoms. The minimum absolute atomic E-state index is 0.486. The first-order valence-electron chi connectivity index (χ1n) is 6.79. The van der Waals surface area contributed by atoms with Crippen LogP contribution < -0.4 is 0 Å². The quantitative estimate of drug-likeness (QED) is 0.626. The van der Waals surface area contributed by atoms with E-state index in [0.717, 1.165) is 17.8 Å². The van der Waals surface area contributed by atoms with Gasteiger partial charge < -0.3 is 4.42 Å². The summed E-state index contributed by atoms with van der Waals surface area (Å²) in [6.45, 7) is 4.41. The summed E-state index contributed by atoms with van der Waals surface area (Å²) in [6, 6.07) is 19.0. The maximum absolute atomic E-state index is 6.06. The summed E-state index contributed by atoms with van der Waals surface area (Å²) in [5, 5.41) is 1.21. The van der Waals surface area contributed by atoms with Crippen molar-refractivity contribution in [2.75, 3.05) is 0 Å². The van der Waals surface area contributed by atoms with E-state index in [1.807, 2.05) is 6.07 Å². The molecule has 1 nitrogen and oxygen atoms in total. The number of hydrogen-bond acceptors (Lipinski definition) is 1. The van der Waals surface area contributed by atoms with Crippen LogP contribution in [0.5, 0.6) is 0 Å². The number of furan rings is 1. The minimum atomic E-state index is 0.486. The fraction of sp³-hybridized carbons (Fsp3) is 0.222. The third kappa shape index (κ3) is 2.41. The molecular weight excluding hydrogens is 232 g/mol. The second kappa shape index (κ2) is 4.93. The van der Waals surface area contributed by atoms with Gasteiger partial charge in [-0.1, -0.05) is 62.4 Å². The molecule has 96 valence electrons. The van der Waals surface area contributed by atoms with Crippen molar-refractivity contribution < 1.29 is 4.42 Å². The Balaban J connectivity index is 2.00. The fourth-order valence-electron chi connectivity index (χ4n) is 2.48. The van der Waals surface area contributed by atoms with Gasteiger partial charge in [-0.25, -0.2) is 0 Å². The van der Waals surface area contributed by atoms with E-state index < -0.39 is 0 Å². The fourth-order valence-corrected chi connectivity index (χ4v) is 2.48. The van der Waals surface area contributed by atoms with Crippen molar-refractivity contribution in [3.8, 4) is 0 Å². The molecule has 0 N–H and O–H groups in total. The lowest BCUT2D eigenvalue weighted by molar-refractivity contribution is 0.557. The molecule has 0 aliphatic heterocycles. The van der Waals surface area contributed by atoms with Crippen molar-refractivity contribution >= 4 is 11.0 Å². The van der Waals surface area contributed by atoms with Gasteiger partial charge in [0.25, 0.3) is 0 Å². The molecule has 3 aromatic rings. The van der Waals surface area contributed by atoms with Crippen molar-refractivity contribution in [3.05, 3.63) is 71.5 Å². The van der Waals surface area contributed by atoms with Crippen LogP contribution in [0.3, 0.4) is 0 Å². The van der Waals surface area contributed by atoms with E-state index in [0.29, 0.717) is 5.92 Å². The Kier molecular flexibility index (Phi) is 3.12. The van der Waals surface area contributed by atoms with Crippen LogP contribution >= 0.6 is 0 Å². The molecule has 0 aliphatic carbocycles. The van der Waals surface area contributed by atoms with Gasteiger partial charge in [-0.2, -0.15) is 0 Å². The molecule has 0 atom stereocenters. The summed E-state index contributed by atoms with van der Waals surface area (Å²) in [5.41, 5.74) is 3.62. The summed E-state index contributed by atoms with van der Waals surface area (Å²) >= 11 is 0. The zero-order valence-electron chi connectivity index (χ0n) is 11.4. The first-order valence-corrected chi connectivity index (χ1v) is 6.79. The number of hydrogen-bond donors (Lipinski definition) is 0. The van der Waals surface area contributed by atoms with Gasteiger partial charge in [0.1, 0.15) is 11.3 Å². The number of benzene rings is 2. The smallest absolute Gasteiger partial charge is 0.137 e. The Bertz CT molecular complexity index is 677. The van der Waals surface area contributed by atoms with Crippen LogP contribution in [0.1, 0.15) is 36.7 Å². The Morgan fingerprint density at radius 3 is 2.47 bits per heavy atom. The molecule has 0 amide bonds. The lowest BCUT2D eigenvalue weighted by Crippen LogP contribution is -1.86. The molecule has 0 radical (unpaired) electrons. The van der Waals surface area contributed by atoms with E-state index in [1.54, 1.807) is 0 Å². The molecule has 0 aliphatic rings. The van der Waals surface area contributed by atoms with Crippen LogP contribution in [0.15, 0.2) is 59.0 Å². The Morgan fingerprint density at radius 2 is 1.74 bits per heavy atom. The van der Waals surface area contributed by atoms with Crippen molar-refractivity contribution in [3.63, 3.8) is 0 Å². The zero-order chi connectivity index (χ0) is 13.2. The highest BCUT2D eigenvalue weighted by molar-refractivity contribution is 5.81. The zero-order valence-corrected chi connectivity index (χ0v) is 11.4. The Morgan fingerprint density at radius 1 is 0.947 bits per heavy atom. The maximum atomic E-state index is 6.06. The van der Waals surface area contributed by atoms with E-state index in [1.165, 1.54) is 16.5 Å². The molecule has 0 unspecified atom stereocenters. The second-order valence-corrected chi connectivity index (χ2v) is 5.30. The first-order chi connectivity index (χ1) is 9.24. The lowest BCUT2D eigenvalue weighted by Gasteiger charge is -2.04. The van der Waals surface area contributed by atoms with Crippen LogP contribution in [-0.4, -0.2) is 0 Å². The SMILES string of the molecule is CC(C)c1cccc2cc(Cc3ccccc3)oc12. The molecular formula is C18H18O. The van der Waals surface area contributed by atoms with Crippen molar-refractivity contribution in [1.29, 1.82) is 0 Å². The van der Waals surface area contributed by atoms with E-state index in [2.05, 4.69) is 62.4 Å². The highest BCUT2D eigenvalue weighted by Crippen LogP contribution is 2.29. The first kappa shape index (κ1) is 12.0. The minimum Gasteiger partial charge on any atom is -0.460 e. The Labute approximate surface area is 113 Å². The number of para-hydroxylation sites is 1. The summed E-state index contributed by atoms with van der Waals surface area (Å²) in [4.78, 5) is 0. The van der Waals surface area contributed by atoms with Gasteiger partial charge in [0, 0.05) is 11.8 Å². The highest BCUT2D eigenvalue weighted by Gasteiger charge is 2.10. The van der Waals surface area contributed by atoms with Gasteiger partial charge >= 0.3 is 0 Å². The molecule has 0 bridgehead atoms. The van der Waals surface area contributed by atoms with Crippen LogP contribution in [0.4, 0.5) is 0 Å². The lowest BCUT2D eigenvalue weighted by atomic mass is 10.0. The van der Waals surface area contributed by atoms with Crippen LogP contribution in [-0.2, 0) is 6.42 Å². The van der Waals surface area contributed by atoms with E-state index >= 15 is 0 Å². The monoisotopic (exact) mass is 250 g/mol. The third-order valence-corrected chi connectivity index (χ3v) is 3.47. The van der Waals surface area contributed by atoms with Crippen LogP contribution in [0, 0.1) is 0 Å². The van der Waals surface area contributed by atoms with Crippen LogP contribution in [0.25, 0.3) is 11.0 Å². The van der Waals surface area contributed by atoms with Gasteiger partial charge in [-0.3, -0.25) is 0 Å². The molecule has 3 rings (SSSR count). The molecule has 1 aromatic heterocycles. The van der Waals surface area contributed by atoms with Crippen molar-refractivity contribution in [2.24, 2.45) is 0 Å². The number of rotatable bonds is 3. The topological polar surface area (TPSA) is 13.1 Å². The largest absolute Gasteiger partial charge is 0.460 e. The average molecular weight is 250 g/mol. The molecule has 2 aromatic carbocycles. The van der Waals surface area contributed by atoms with Crippen LogP contribution in [0.2, 0.25) is 0 Å². The van der Waals surface area contributed by atoms with Gasteiger partial charge in [-0.15, -0.1) is 0 Å². The molecule has 1 heteroatoms. The molecule has 0 saturated heterocycles. The normalized spacial score (nSPS) is 11.3. The van der Waals surface area contributed by atoms with E-state index in [9.17, 15) is 0 Å². The van der Waals surface area contributed by atoms with Gasteiger partial charge in [-0.05, 0) is 23.1 Å². The third-order valence-electron chi connectivity index (χ3n) is 3.47. The standard InChI is InChI=1S/C18H18O/c1-13(2)17-10-6-9-15-12-16(19-18(15)17)11-14-7-4-3-5-8-14/h3-10,12-13H,11H2,1-2H3.